The van der Waals surface area contributed by atoms with E-state index in [0.717, 1.165) is 55.0 Å². The molecule has 0 atom stereocenters. The van der Waals surface area contributed by atoms with Crippen molar-refractivity contribution < 1.29 is 9.18 Å². The molecule has 0 radical (unpaired) electrons. The van der Waals surface area contributed by atoms with Gasteiger partial charge in [0.2, 0.25) is 5.95 Å². The highest BCUT2D eigenvalue weighted by Gasteiger charge is 2.21. The van der Waals surface area contributed by atoms with Crippen LogP contribution in [0.4, 0.5) is 10.3 Å². The number of benzene rings is 2. The van der Waals surface area contributed by atoms with E-state index in [2.05, 4.69) is 36.8 Å². The number of piperidine rings is 1. The van der Waals surface area contributed by atoms with Crippen molar-refractivity contribution in [3.63, 3.8) is 0 Å². The van der Waals surface area contributed by atoms with Crippen molar-refractivity contribution in [1.29, 1.82) is 0 Å². The second-order valence-corrected chi connectivity index (χ2v) is 8.38. The summed E-state index contributed by atoms with van der Waals surface area (Å²) in [6.45, 7) is 3.42. The Balaban J connectivity index is 1.45. The molecule has 5 nitrogen and oxygen atoms in total. The molecule has 1 N–H and O–H groups in total. The van der Waals surface area contributed by atoms with Crippen LogP contribution in [0.15, 0.2) is 48.5 Å². The molecule has 0 amide bonds. The number of para-hydroxylation sites is 2. The number of hydrogen-bond donors (Lipinski definition) is 1. The quantitative estimate of drug-likeness (QED) is 0.491. The molecule has 7 heteroatoms. The van der Waals surface area contributed by atoms with Crippen molar-refractivity contribution in [2.45, 2.75) is 31.8 Å². The maximum absolute atomic E-state index is 13.3. The number of ketones is 1. The second kappa shape index (κ2) is 9.71. The number of likely N-dealkylation sites (tertiary alicyclic amines) is 1. The summed E-state index contributed by atoms with van der Waals surface area (Å²) < 4.78 is 15.5. The number of Topliss-reactive ketones (excluding diaryl/α,β-unsaturated/α-hetero) is 1. The largest absolute Gasteiger partial charge is 0.353 e. The molecule has 158 valence electrons. The van der Waals surface area contributed by atoms with Gasteiger partial charge in [-0.1, -0.05) is 40.2 Å². The van der Waals surface area contributed by atoms with Crippen LogP contribution in [0.25, 0.3) is 11.0 Å². The normalized spacial score (nSPS) is 15.5. The summed E-state index contributed by atoms with van der Waals surface area (Å²) >= 11 is 3.23. The third-order valence-corrected chi connectivity index (χ3v) is 6.31. The van der Waals surface area contributed by atoms with Crippen molar-refractivity contribution in [2.75, 3.05) is 30.3 Å². The average molecular weight is 473 g/mol. The van der Waals surface area contributed by atoms with E-state index in [9.17, 15) is 9.18 Å². The van der Waals surface area contributed by atoms with Crippen molar-refractivity contribution >= 4 is 38.7 Å². The van der Waals surface area contributed by atoms with Gasteiger partial charge in [-0.15, -0.1) is 0 Å². The number of hydrogen-bond acceptors (Lipinski definition) is 4. The first-order valence-electron chi connectivity index (χ1n) is 10.4. The number of anilines is 1. The third kappa shape index (κ3) is 5.08. The van der Waals surface area contributed by atoms with Crippen molar-refractivity contribution in [3.05, 3.63) is 59.9 Å². The molecule has 2 heterocycles. The van der Waals surface area contributed by atoms with Gasteiger partial charge < -0.3 is 14.8 Å². The van der Waals surface area contributed by atoms with E-state index in [4.69, 9.17) is 4.98 Å². The lowest BCUT2D eigenvalue weighted by molar-refractivity contribution is -0.116. The number of nitrogens with one attached hydrogen (secondary N) is 1. The zero-order valence-corrected chi connectivity index (χ0v) is 18.4. The summed E-state index contributed by atoms with van der Waals surface area (Å²) in [7, 11) is 0. The molecule has 4 rings (SSSR count). The lowest BCUT2D eigenvalue weighted by Gasteiger charge is -2.32. The molecule has 3 aromatic rings. The fourth-order valence-electron chi connectivity index (χ4n) is 3.95. The van der Waals surface area contributed by atoms with E-state index in [0.29, 0.717) is 24.3 Å². The predicted molar refractivity (Wildman–Crippen MR) is 122 cm³/mol. The van der Waals surface area contributed by atoms with Gasteiger partial charge in [0.05, 0.1) is 22.9 Å². The number of halogens is 2. The molecular formula is C23H26BrFN4O. The molecule has 2 aromatic carbocycles. The summed E-state index contributed by atoms with van der Waals surface area (Å²) in [6, 6.07) is 15.1. The van der Waals surface area contributed by atoms with Crippen molar-refractivity contribution in [1.82, 2.24) is 14.5 Å². The van der Waals surface area contributed by atoms with Gasteiger partial charge in [-0.05, 0) is 42.7 Å². The first-order chi connectivity index (χ1) is 14.6. The number of nitrogens with zero attached hydrogens (tertiary/aromatic N) is 3. The number of rotatable bonds is 8. The maximum atomic E-state index is 13.3. The van der Waals surface area contributed by atoms with E-state index >= 15 is 0 Å². The number of imidazole rings is 1. The molecule has 0 bridgehead atoms. The van der Waals surface area contributed by atoms with E-state index in [-0.39, 0.29) is 11.6 Å². The van der Waals surface area contributed by atoms with E-state index in [1.165, 1.54) is 12.1 Å². The summed E-state index contributed by atoms with van der Waals surface area (Å²) in [5, 5.41) is 4.08. The highest BCUT2D eigenvalue weighted by Crippen LogP contribution is 2.24. The number of carbonyl (C=O) groups excluding carboxylic acids is 1. The highest BCUT2D eigenvalue weighted by molar-refractivity contribution is 9.09. The average Bonchev–Trinajstić information content (AvgIpc) is 3.11. The Labute approximate surface area is 184 Å². The van der Waals surface area contributed by atoms with Crippen LogP contribution >= 0.6 is 15.9 Å². The molecule has 0 aliphatic carbocycles. The first kappa shape index (κ1) is 21.0. The van der Waals surface area contributed by atoms with Gasteiger partial charge in [0.15, 0.2) is 0 Å². The number of fused-ring (bicyclic) bond motifs is 1. The maximum Gasteiger partial charge on any atom is 0.204 e. The van der Waals surface area contributed by atoms with Crippen molar-refractivity contribution in [3.8, 4) is 0 Å². The molecule has 1 aliphatic rings. The number of alkyl halides is 1. The first-order valence-corrected chi connectivity index (χ1v) is 11.5. The highest BCUT2D eigenvalue weighted by atomic mass is 79.9. The Bertz CT molecular complexity index is 996. The topological polar surface area (TPSA) is 50.2 Å². The Morgan fingerprint density at radius 2 is 1.87 bits per heavy atom. The third-order valence-electron chi connectivity index (χ3n) is 5.69. The summed E-state index contributed by atoms with van der Waals surface area (Å²) in [5.74, 6) is 0.885. The lowest BCUT2D eigenvalue weighted by Crippen LogP contribution is -2.40. The molecule has 1 saturated heterocycles. The standard InChI is InChI=1S/C23H26BrFN4O/c24-15-20(30)11-14-28-12-9-19(10-13-28)26-23-27-21-3-1-2-4-22(21)29(23)16-17-5-7-18(25)8-6-17/h1-8,19H,9-16H2,(H,26,27). The minimum Gasteiger partial charge on any atom is -0.353 e. The Morgan fingerprint density at radius 3 is 2.60 bits per heavy atom. The van der Waals surface area contributed by atoms with E-state index < -0.39 is 0 Å². The van der Waals surface area contributed by atoms with Gasteiger partial charge in [0.25, 0.3) is 0 Å². The van der Waals surface area contributed by atoms with Gasteiger partial charge >= 0.3 is 0 Å². The van der Waals surface area contributed by atoms with Gasteiger partial charge in [0, 0.05) is 32.1 Å². The van der Waals surface area contributed by atoms with Crippen LogP contribution in [0.3, 0.4) is 0 Å². The lowest BCUT2D eigenvalue weighted by atomic mass is 10.0. The molecular weight excluding hydrogens is 447 g/mol. The molecule has 1 aromatic heterocycles. The van der Waals surface area contributed by atoms with Crippen LogP contribution < -0.4 is 5.32 Å². The molecule has 0 unspecified atom stereocenters. The molecule has 30 heavy (non-hydrogen) atoms. The molecule has 0 saturated carbocycles. The Hall–Kier alpha value is -2.25. The monoisotopic (exact) mass is 472 g/mol. The van der Waals surface area contributed by atoms with Crippen LogP contribution in [0, 0.1) is 5.82 Å². The van der Waals surface area contributed by atoms with Crippen LogP contribution in [-0.4, -0.2) is 51.2 Å². The zero-order chi connectivity index (χ0) is 20.9. The predicted octanol–water partition coefficient (Wildman–Crippen LogP) is 4.45. The Morgan fingerprint density at radius 1 is 1.13 bits per heavy atom. The van der Waals surface area contributed by atoms with Gasteiger partial charge in [-0.2, -0.15) is 0 Å². The second-order valence-electron chi connectivity index (χ2n) is 7.82. The SMILES string of the molecule is O=C(CBr)CCN1CCC(Nc2nc3ccccc3n2Cc2ccc(F)cc2)CC1. The van der Waals surface area contributed by atoms with E-state index in [1.54, 1.807) is 0 Å². The molecule has 1 fully saturated rings. The molecule has 0 spiro atoms. The fraction of sp³-hybridized carbons (Fsp3) is 0.391. The number of aromatic nitrogens is 2. The van der Waals surface area contributed by atoms with E-state index in [1.807, 2.05) is 30.3 Å². The summed E-state index contributed by atoms with van der Waals surface area (Å²) in [6.07, 6.45) is 2.64. The smallest absolute Gasteiger partial charge is 0.204 e. The summed E-state index contributed by atoms with van der Waals surface area (Å²) in [5.41, 5.74) is 3.05. The van der Waals surface area contributed by atoms with Crippen LogP contribution in [0.2, 0.25) is 0 Å². The minimum atomic E-state index is -0.225. The van der Waals surface area contributed by atoms with Gasteiger partial charge in [-0.25, -0.2) is 9.37 Å². The van der Waals surface area contributed by atoms with Crippen LogP contribution in [0.5, 0.6) is 0 Å². The van der Waals surface area contributed by atoms with Crippen LogP contribution in [-0.2, 0) is 11.3 Å². The number of carbonyl (C=O) groups is 1. The fourth-order valence-corrected chi connectivity index (χ4v) is 4.23. The Kier molecular flexibility index (Phi) is 6.79. The van der Waals surface area contributed by atoms with Gasteiger partial charge in [0.1, 0.15) is 11.6 Å². The zero-order valence-electron chi connectivity index (χ0n) is 16.9. The summed E-state index contributed by atoms with van der Waals surface area (Å²) in [4.78, 5) is 18.7. The van der Waals surface area contributed by atoms with Gasteiger partial charge in [-0.3, -0.25) is 4.79 Å². The van der Waals surface area contributed by atoms with Crippen LogP contribution in [0.1, 0.15) is 24.8 Å². The van der Waals surface area contributed by atoms with Crippen molar-refractivity contribution in [2.24, 2.45) is 0 Å². The molecule has 1 aliphatic heterocycles. The minimum absolute atomic E-state index is 0.225.